The van der Waals surface area contributed by atoms with Gasteiger partial charge >= 0.3 is 0 Å². The molecule has 1 fully saturated rings. The fraction of sp³-hybridized carbons (Fsp3) is 0.545. The molecule has 0 unspecified atom stereocenters. The topological polar surface area (TPSA) is 86.5 Å². The Kier molecular flexibility index (Phi) is 2.77. The number of thioether (sulfide) groups is 1. The third kappa shape index (κ3) is 1.88. The van der Waals surface area contributed by atoms with Gasteiger partial charge in [0.05, 0.1) is 6.20 Å². The van der Waals surface area contributed by atoms with E-state index in [9.17, 15) is 4.79 Å². The molecule has 1 saturated carbocycles. The highest BCUT2D eigenvalue weighted by Crippen LogP contribution is 2.42. The van der Waals surface area contributed by atoms with E-state index in [0.717, 1.165) is 6.54 Å². The van der Waals surface area contributed by atoms with Crippen molar-refractivity contribution in [3.05, 3.63) is 16.6 Å². The van der Waals surface area contributed by atoms with Crippen LogP contribution in [-0.4, -0.2) is 37.7 Å². The number of anilines is 1. The molecule has 0 spiro atoms. The number of aromatic nitrogens is 4. The first kappa shape index (κ1) is 11.6. The Balaban J connectivity index is 1.80. The summed E-state index contributed by atoms with van der Waals surface area (Å²) in [5.74, 6) is 0.511. The fourth-order valence-electron chi connectivity index (χ4n) is 2.20. The quantitative estimate of drug-likeness (QED) is 0.776. The lowest BCUT2D eigenvalue weighted by Crippen LogP contribution is -2.40. The Morgan fingerprint density at radius 1 is 1.56 bits per heavy atom. The minimum Gasteiger partial charge on any atom is -0.354 e. The summed E-state index contributed by atoms with van der Waals surface area (Å²) in [6, 6.07) is 0. The highest BCUT2D eigenvalue weighted by molar-refractivity contribution is 8.00. The second-order valence-electron chi connectivity index (χ2n) is 4.64. The third-order valence-electron chi connectivity index (χ3n) is 3.60. The molecule has 96 valence electrons. The van der Waals surface area contributed by atoms with E-state index in [4.69, 9.17) is 0 Å². The number of fused-ring (bicyclic) bond motifs is 1. The van der Waals surface area contributed by atoms with Gasteiger partial charge < -0.3 is 5.32 Å². The standard InChI is InChI=1S/C11H15N5OS/c1-18-11(3-2-4-11)6-12-10-14-8-7(5-13-16-8)9(17)15-10/h5H,2-4,6H2,1H3,(H3,12,13,14,15,16,17). The SMILES string of the molecule is CSC1(CNc2nc3[nH]ncc3c(=O)[nH]2)CCC1. The van der Waals surface area contributed by atoms with Crippen molar-refractivity contribution in [2.45, 2.75) is 24.0 Å². The fourth-order valence-corrected chi connectivity index (χ4v) is 3.11. The lowest BCUT2D eigenvalue weighted by molar-refractivity contribution is 0.379. The Morgan fingerprint density at radius 3 is 3.06 bits per heavy atom. The third-order valence-corrected chi connectivity index (χ3v) is 5.01. The van der Waals surface area contributed by atoms with Crippen molar-refractivity contribution in [3.8, 4) is 0 Å². The number of hydrogen-bond acceptors (Lipinski definition) is 5. The van der Waals surface area contributed by atoms with E-state index >= 15 is 0 Å². The van der Waals surface area contributed by atoms with Crippen LogP contribution in [0, 0.1) is 0 Å². The van der Waals surface area contributed by atoms with E-state index in [1.54, 1.807) is 0 Å². The van der Waals surface area contributed by atoms with Crippen LogP contribution in [-0.2, 0) is 0 Å². The van der Waals surface area contributed by atoms with Crippen molar-refractivity contribution in [3.63, 3.8) is 0 Å². The molecule has 6 nitrogen and oxygen atoms in total. The Labute approximate surface area is 108 Å². The van der Waals surface area contributed by atoms with Gasteiger partial charge in [-0.05, 0) is 19.1 Å². The number of aromatic amines is 2. The summed E-state index contributed by atoms with van der Waals surface area (Å²) in [5, 5.41) is 10.2. The number of rotatable bonds is 4. The molecule has 2 heterocycles. The van der Waals surface area contributed by atoms with E-state index in [2.05, 4.69) is 31.7 Å². The molecule has 0 amide bonds. The lowest BCUT2D eigenvalue weighted by Gasteiger charge is -2.40. The van der Waals surface area contributed by atoms with E-state index in [1.807, 2.05) is 11.8 Å². The van der Waals surface area contributed by atoms with E-state index < -0.39 is 0 Å². The second kappa shape index (κ2) is 4.31. The average molecular weight is 265 g/mol. The Bertz CT molecular complexity index is 610. The van der Waals surface area contributed by atoms with Crippen LogP contribution in [0.25, 0.3) is 11.0 Å². The normalized spacial score (nSPS) is 17.6. The highest BCUT2D eigenvalue weighted by atomic mass is 32.2. The molecule has 0 radical (unpaired) electrons. The lowest BCUT2D eigenvalue weighted by atomic mass is 9.84. The molecule has 18 heavy (non-hydrogen) atoms. The summed E-state index contributed by atoms with van der Waals surface area (Å²) in [6.07, 6.45) is 7.34. The van der Waals surface area contributed by atoms with Gasteiger partial charge in [-0.2, -0.15) is 21.8 Å². The van der Waals surface area contributed by atoms with Crippen LogP contribution < -0.4 is 10.9 Å². The molecular weight excluding hydrogens is 250 g/mol. The zero-order valence-corrected chi connectivity index (χ0v) is 10.9. The average Bonchev–Trinajstić information content (AvgIpc) is 2.77. The summed E-state index contributed by atoms with van der Waals surface area (Å²) < 4.78 is 0.307. The summed E-state index contributed by atoms with van der Waals surface area (Å²) >= 11 is 1.89. The van der Waals surface area contributed by atoms with E-state index in [0.29, 0.717) is 21.7 Å². The van der Waals surface area contributed by atoms with Gasteiger partial charge in [0, 0.05) is 11.3 Å². The largest absolute Gasteiger partial charge is 0.354 e. The van der Waals surface area contributed by atoms with Crippen LogP contribution in [0.3, 0.4) is 0 Å². The van der Waals surface area contributed by atoms with Gasteiger partial charge in [0.1, 0.15) is 5.39 Å². The maximum atomic E-state index is 11.7. The van der Waals surface area contributed by atoms with Crippen molar-refractivity contribution >= 4 is 28.7 Å². The van der Waals surface area contributed by atoms with Gasteiger partial charge in [-0.15, -0.1) is 0 Å². The first-order valence-corrected chi connectivity index (χ1v) is 7.17. The van der Waals surface area contributed by atoms with E-state index in [-0.39, 0.29) is 5.56 Å². The van der Waals surface area contributed by atoms with Crippen LogP contribution in [0.1, 0.15) is 19.3 Å². The first-order chi connectivity index (χ1) is 8.72. The van der Waals surface area contributed by atoms with E-state index in [1.165, 1.54) is 25.5 Å². The minimum atomic E-state index is -0.164. The summed E-state index contributed by atoms with van der Waals surface area (Å²) in [6.45, 7) is 0.830. The molecule has 0 aliphatic heterocycles. The van der Waals surface area contributed by atoms with Crippen molar-refractivity contribution in [1.29, 1.82) is 0 Å². The predicted octanol–water partition coefficient (Wildman–Crippen LogP) is 1.34. The molecular formula is C11H15N5OS. The van der Waals surface area contributed by atoms with Gasteiger partial charge in [0.15, 0.2) is 5.65 Å². The zero-order chi connectivity index (χ0) is 12.6. The van der Waals surface area contributed by atoms with Crippen molar-refractivity contribution < 1.29 is 0 Å². The van der Waals surface area contributed by atoms with Crippen LogP contribution in [0.2, 0.25) is 0 Å². The molecule has 2 aromatic heterocycles. The number of nitrogens with zero attached hydrogens (tertiary/aromatic N) is 2. The molecule has 0 aromatic carbocycles. The van der Waals surface area contributed by atoms with Crippen LogP contribution in [0.15, 0.2) is 11.0 Å². The van der Waals surface area contributed by atoms with Crippen LogP contribution >= 0.6 is 11.8 Å². The molecule has 3 rings (SSSR count). The molecule has 1 aliphatic carbocycles. The molecule has 0 atom stereocenters. The summed E-state index contributed by atoms with van der Waals surface area (Å²) in [7, 11) is 0. The molecule has 3 N–H and O–H groups in total. The number of H-pyrrole nitrogens is 2. The van der Waals surface area contributed by atoms with Gasteiger partial charge in [-0.25, -0.2) is 0 Å². The maximum Gasteiger partial charge on any atom is 0.263 e. The predicted molar refractivity (Wildman–Crippen MR) is 73.1 cm³/mol. The summed E-state index contributed by atoms with van der Waals surface area (Å²) in [5.41, 5.74) is 0.358. The smallest absolute Gasteiger partial charge is 0.263 e. The van der Waals surface area contributed by atoms with Gasteiger partial charge in [-0.1, -0.05) is 6.42 Å². The highest BCUT2D eigenvalue weighted by Gasteiger charge is 2.35. The minimum absolute atomic E-state index is 0.164. The number of nitrogens with one attached hydrogen (secondary N) is 3. The summed E-state index contributed by atoms with van der Waals surface area (Å²) in [4.78, 5) is 18.8. The second-order valence-corrected chi connectivity index (χ2v) is 5.92. The zero-order valence-electron chi connectivity index (χ0n) is 10.1. The van der Waals surface area contributed by atoms with Crippen molar-refractivity contribution in [2.75, 3.05) is 18.1 Å². The monoisotopic (exact) mass is 265 g/mol. The first-order valence-electron chi connectivity index (χ1n) is 5.95. The van der Waals surface area contributed by atoms with Gasteiger partial charge in [0.25, 0.3) is 5.56 Å². The Morgan fingerprint density at radius 2 is 2.39 bits per heavy atom. The maximum absolute atomic E-state index is 11.7. The van der Waals surface area contributed by atoms with Crippen molar-refractivity contribution in [2.24, 2.45) is 0 Å². The molecule has 7 heteroatoms. The van der Waals surface area contributed by atoms with Crippen LogP contribution in [0.5, 0.6) is 0 Å². The van der Waals surface area contributed by atoms with Crippen LogP contribution in [0.4, 0.5) is 5.95 Å². The van der Waals surface area contributed by atoms with Gasteiger partial charge in [0.2, 0.25) is 5.95 Å². The molecule has 0 saturated heterocycles. The molecule has 1 aliphatic rings. The molecule has 2 aromatic rings. The van der Waals surface area contributed by atoms with Crippen molar-refractivity contribution in [1.82, 2.24) is 20.2 Å². The van der Waals surface area contributed by atoms with Gasteiger partial charge in [-0.3, -0.25) is 14.9 Å². The molecule has 0 bridgehead atoms. The Hall–Kier alpha value is -1.50. The number of hydrogen-bond donors (Lipinski definition) is 3.